The highest BCUT2D eigenvalue weighted by molar-refractivity contribution is 6.11. The molecule has 0 unspecified atom stereocenters. The Morgan fingerprint density at radius 3 is 2.50 bits per heavy atom. The van der Waals surface area contributed by atoms with E-state index < -0.39 is 17.6 Å². The van der Waals surface area contributed by atoms with E-state index in [0.717, 1.165) is 0 Å². The van der Waals surface area contributed by atoms with E-state index in [9.17, 15) is 5.11 Å². The van der Waals surface area contributed by atoms with E-state index in [4.69, 9.17) is 15.6 Å². The number of nitrogens with two attached hydrogens (primary N) is 1. The van der Waals surface area contributed by atoms with E-state index in [-0.39, 0.29) is 12.6 Å². The van der Waals surface area contributed by atoms with Crippen molar-refractivity contribution in [3.05, 3.63) is 0 Å². The zero-order chi connectivity index (χ0) is 9.35. The van der Waals surface area contributed by atoms with Crippen LogP contribution in [0.5, 0.6) is 0 Å². The molecule has 0 spiro atoms. The summed E-state index contributed by atoms with van der Waals surface area (Å²) in [7, 11) is 1.87. The lowest BCUT2D eigenvalue weighted by molar-refractivity contribution is -0.00751. The molecule has 70 valence electrons. The third kappa shape index (κ3) is 1.27. The summed E-state index contributed by atoms with van der Waals surface area (Å²) in [5, 5.41) is 18.6. The first-order valence-corrected chi connectivity index (χ1v) is 4.20. The van der Waals surface area contributed by atoms with Crippen molar-refractivity contribution < 1.29 is 14.9 Å². The van der Waals surface area contributed by atoms with Crippen molar-refractivity contribution in [2.24, 2.45) is 11.1 Å². The van der Waals surface area contributed by atoms with Crippen LogP contribution in [-0.4, -0.2) is 49.4 Å². The largest absolute Gasteiger partial charge is 0.394 e. The summed E-state index contributed by atoms with van der Waals surface area (Å²) in [6.07, 6.45) is -1.14. The summed E-state index contributed by atoms with van der Waals surface area (Å²) in [6, 6.07) is -0.102. The van der Waals surface area contributed by atoms with Crippen molar-refractivity contribution in [1.29, 1.82) is 0 Å². The van der Waals surface area contributed by atoms with Gasteiger partial charge in [-0.05, 0) is 0 Å². The van der Waals surface area contributed by atoms with Gasteiger partial charge in [0.2, 0.25) is 0 Å². The molecule has 0 aromatic carbocycles. The molecular formula is C7H16BNO3. The summed E-state index contributed by atoms with van der Waals surface area (Å²) >= 11 is 0. The van der Waals surface area contributed by atoms with Crippen LogP contribution in [0.2, 0.25) is 0 Å². The van der Waals surface area contributed by atoms with E-state index in [0.29, 0.717) is 6.54 Å². The monoisotopic (exact) mass is 173 g/mol. The van der Waals surface area contributed by atoms with Gasteiger partial charge in [-0.3, -0.25) is 0 Å². The Morgan fingerprint density at radius 1 is 1.67 bits per heavy atom. The van der Waals surface area contributed by atoms with E-state index in [1.807, 2.05) is 14.8 Å². The summed E-state index contributed by atoms with van der Waals surface area (Å²) in [6.45, 7) is 2.09. The molecule has 0 bridgehead atoms. The second kappa shape index (κ2) is 3.34. The number of ether oxygens (including phenoxy) is 1. The van der Waals surface area contributed by atoms with Gasteiger partial charge in [0.05, 0.1) is 12.7 Å². The van der Waals surface area contributed by atoms with Crippen LogP contribution in [0.4, 0.5) is 0 Å². The van der Waals surface area contributed by atoms with Gasteiger partial charge >= 0.3 is 0 Å². The van der Waals surface area contributed by atoms with Crippen molar-refractivity contribution in [2.75, 3.05) is 13.2 Å². The van der Waals surface area contributed by atoms with Gasteiger partial charge in [-0.15, -0.1) is 0 Å². The van der Waals surface area contributed by atoms with Crippen molar-refractivity contribution in [1.82, 2.24) is 0 Å². The normalized spacial score (nSPS) is 48.2. The topological polar surface area (TPSA) is 75.7 Å². The molecular weight excluding hydrogens is 157 g/mol. The summed E-state index contributed by atoms with van der Waals surface area (Å²) in [4.78, 5) is 0. The summed E-state index contributed by atoms with van der Waals surface area (Å²) in [5.41, 5.74) is 5.12. The highest BCUT2D eigenvalue weighted by Crippen LogP contribution is 2.35. The molecule has 12 heavy (non-hydrogen) atoms. The smallest absolute Gasteiger partial charge is 0.140 e. The first-order chi connectivity index (χ1) is 5.56. The van der Waals surface area contributed by atoms with Crippen LogP contribution < -0.4 is 5.73 Å². The minimum atomic E-state index is -0.664. The van der Waals surface area contributed by atoms with E-state index >= 15 is 0 Å². The third-order valence-corrected chi connectivity index (χ3v) is 2.96. The van der Waals surface area contributed by atoms with Gasteiger partial charge in [-0.1, -0.05) is 6.92 Å². The lowest BCUT2D eigenvalue weighted by atomic mass is 9.71. The predicted octanol–water partition coefficient (Wildman–Crippen LogP) is -2.34. The first kappa shape index (κ1) is 9.99. The second-order valence-corrected chi connectivity index (χ2v) is 3.65. The van der Waals surface area contributed by atoms with Crippen LogP contribution in [-0.2, 0) is 4.74 Å². The summed E-state index contributed by atoms with van der Waals surface area (Å²) in [5.74, 6) is 0. The van der Waals surface area contributed by atoms with Crippen molar-refractivity contribution in [2.45, 2.75) is 25.1 Å². The average Bonchev–Trinajstić information content (AvgIpc) is 2.30. The molecule has 4 atom stereocenters. The van der Waals surface area contributed by atoms with Gasteiger partial charge in [-0.2, -0.15) is 0 Å². The Morgan fingerprint density at radius 2 is 2.25 bits per heavy atom. The molecule has 0 aromatic heterocycles. The summed E-state index contributed by atoms with van der Waals surface area (Å²) < 4.78 is 5.35. The highest BCUT2D eigenvalue weighted by Gasteiger charge is 2.49. The van der Waals surface area contributed by atoms with Crippen LogP contribution in [0.1, 0.15) is 6.92 Å². The highest BCUT2D eigenvalue weighted by atomic mass is 16.5. The average molecular weight is 173 g/mol. The molecule has 4 nitrogen and oxygen atoms in total. The fraction of sp³-hybridized carbons (Fsp3) is 1.00. The number of aliphatic hydroxyl groups is 2. The Kier molecular flexibility index (Phi) is 2.78. The van der Waals surface area contributed by atoms with Crippen LogP contribution in [0.25, 0.3) is 0 Å². The molecule has 4 N–H and O–H groups in total. The quantitative estimate of drug-likeness (QED) is 0.409. The molecule has 1 rings (SSSR count). The fourth-order valence-corrected chi connectivity index (χ4v) is 1.59. The Bertz CT molecular complexity index is 169. The van der Waals surface area contributed by atoms with Gasteiger partial charge < -0.3 is 20.7 Å². The second-order valence-electron chi connectivity index (χ2n) is 3.65. The molecule has 1 aliphatic heterocycles. The molecule has 5 heteroatoms. The lowest BCUT2D eigenvalue weighted by Crippen LogP contribution is -2.45. The maximum atomic E-state index is 9.71. The van der Waals surface area contributed by atoms with Crippen LogP contribution >= 0.6 is 0 Å². The van der Waals surface area contributed by atoms with Crippen molar-refractivity contribution >= 4 is 7.85 Å². The van der Waals surface area contributed by atoms with Gasteiger partial charge in [0, 0.05) is 18.0 Å². The van der Waals surface area contributed by atoms with Gasteiger partial charge in [0.1, 0.15) is 14.0 Å². The minimum absolute atomic E-state index is 0.102. The zero-order valence-corrected chi connectivity index (χ0v) is 7.53. The van der Waals surface area contributed by atoms with Crippen LogP contribution in [0.15, 0.2) is 0 Å². The number of hydrogen-bond acceptors (Lipinski definition) is 4. The predicted molar refractivity (Wildman–Crippen MR) is 47.5 cm³/mol. The first-order valence-electron chi connectivity index (χ1n) is 4.20. The van der Waals surface area contributed by atoms with Crippen molar-refractivity contribution in [3.8, 4) is 0 Å². The molecule has 0 radical (unpaired) electrons. The number of rotatable bonds is 2. The Balaban J connectivity index is 2.76. The van der Waals surface area contributed by atoms with E-state index in [1.165, 1.54) is 0 Å². The lowest BCUT2D eigenvalue weighted by Gasteiger charge is -2.29. The van der Waals surface area contributed by atoms with Crippen LogP contribution in [0, 0.1) is 5.41 Å². The van der Waals surface area contributed by atoms with Gasteiger partial charge in [0.25, 0.3) is 0 Å². The molecule has 0 aliphatic carbocycles. The SMILES string of the molecule is B[C@@H]1O[C@H](CO)[C@@H](O)[C@@]1(C)CN. The Labute approximate surface area is 73.1 Å². The Hall–Kier alpha value is -0.0951. The van der Waals surface area contributed by atoms with Gasteiger partial charge in [-0.25, -0.2) is 0 Å². The minimum Gasteiger partial charge on any atom is -0.394 e. The van der Waals surface area contributed by atoms with E-state index in [2.05, 4.69) is 0 Å². The maximum Gasteiger partial charge on any atom is 0.140 e. The number of aliphatic hydroxyl groups excluding tert-OH is 2. The number of hydrogen-bond donors (Lipinski definition) is 3. The van der Waals surface area contributed by atoms with E-state index in [1.54, 1.807) is 0 Å². The van der Waals surface area contributed by atoms with Crippen molar-refractivity contribution in [3.63, 3.8) is 0 Å². The molecule has 1 heterocycles. The zero-order valence-electron chi connectivity index (χ0n) is 7.53. The third-order valence-electron chi connectivity index (χ3n) is 2.96. The van der Waals surface area contributed by atoms with Gasteiger partial charge in [0.15, 0.2) is 0 Å². The molecule has 1 aliphatic rings. The van der Waals surface area contributed by atoms with Crippen LogP contribution in [0.3, 0.4) is 0 Å². The molecule has 1 fully saturated rings. The molecule has 0 saturated carbocycles. The standard InChI is InChI=1S/C7H16BNO3/c1-7(3-9)5(11)4(2-10)12-6(7)8/h4-6,10-11H,2-3,8-9H2,1H3/t4-,5-,6-,7-/m1/s1. The molecule has 0 amide bonds. The molecule has 0 aromatic rings. The maximum absolute atomic E-state index is 9.71. The fourth-order valence-electron chi connectivity index (χ4n) is 1.59. The molecule has 1 saturated heterocycles.